The lowest BCUT2D eigenvalue weighted by Gasteiger charge is -2.06. The molecule has 0 spiro atoms. The summed E-state index contributed by atoms with van der Waals surface area (Å²) in [4.78, 5) is 28.6. The van der Waals surface area contributed by atoms with Crippen LogP contribution in [0.1, 0.15) is 81.5 Å². The maximum atomic E-state index is 12.0. The number of fused-ring (bicyclic) bond motifs is 1. The fourth-order valence-electron chi connectivity index (χ4n) is 3.08. The SMILES string of the molecule is CCCCCCCCCCCC(=O)On1cc(C=O)c2ccccc21. The molecule has 0 radical (unpaired) electrons. The Balaban J connectivity index is 1.68. The summed E-state index contributed by atoms with van der Waals surface area (Å²) in [6, 6.07) is 7.42. The van der Waals surface area contributed by atoms with Crippen LogP contribution in [0.4, 0.5) is 0 Å². The third-order valence-electron chi connectivity index (χ3n) is 4.52. The second-order valence-corrected chi connectivity index (χ2v) is 6.59. The van der Waals surface area contributed by atoms with Crippen molar-refractivity contribution in [3.8, 4) is 0 Å². The molecule has 2 rings (SSSR count). The second-order valence-electron chi connectivity index (χ2n) is 6.59. The topological polar surface area (TPSA) is 48.3 Å². The fraction of sp³-hybridized carbons (Fsp3) is 0.524. The molecule has 1 aromatic heterocycles. The third-order valence-corrected chi connectivity index (χ3v) is 4.52. The van der Waals surface area contributed by atoms with Gasteiger partial charge in [-0.1, -0.05) is 76.5 Å². The second kappa shape index (κ2) is 10.7. The lowest BCUT2D eigenvalue weighted by molar-refractivity contribution is -0.143. The Morgan fingerprint density at radius 1 is 1.00 bits per heavy atom. The number of rotatable bonds is 12. The van der Waals surface area contributed by atoms with Crippen LogP contribution in [-0.4, -0.2) is 17.0 Å². The van der Waals surface area contributed by atoms with E-state index in [9.17, 15) is 9.59 Å². The van der Waals surface area contributed by atoms with Gasteiger partial charge in [-0.3, -0.25) is 4.79 Å². The molecule has 0 aliphatic heterocycles. The van der Waals surface area contributed by atoms with Crippen molar-refractivity contribution in [2.75, 3.05) is 0 Å². The van der Waals surface area contributed by atoms with Crippen LogP contribution in [0, 0.1) is 0 Å². The van der Waals surface area contributed by atoms with Crippen LogP contribution in [0.2, 0.25) is 0 Å². The maximum absolute atomic E-state index is 12.0. The molecule has 1 aromatic carbocycles. The Hall–Kier alpha value is -2.10. The molecular formula is C21H29NO3. The van der Waals surface area contributed by atoms with Gasteiger partial charge in [0.1, 0.15) is 0 Å². The number of aldehydes is 1. The minimum absolute atomic E-state index is 0.249. The number of nitrogens with zero attached hydrogens (tertiary/aromatic N) is 1. The number of carbonyl (C=O) groups excluding carboxylic acids is 2. The van der Waals surface area contributed by atoms with Crippen LogP contribution in [0.3, 0.4) is 0 Å². The number of hydrogen-bond donors (Lipinski definition) is 0. The molecule has 0 aliphatic carbocycles. The highest BCUT2D eigenvalue weighted by Crippen LogP contribution is 2.19. The van der Waals surface area contributed by atoms with E-state index in [-0.39, 0.29) is 5.97 Å². The number of unbranched alkanes of at least 4 members (excludes halogenated alkanes) is 8. The Kier molecular flexibility index (Phi) is 8.23. The van der Waals surface area contributed by atoms with E-state index in [1.807, 2.05) is 24.3 Å². The molecule has 25 heavy (non-hydrogen) atoms. The van der Waals surface area contributed by atoms with Crippen molar-refractivity contribution in [3.63, 3.8) is 0 Å². The Morgan fingerprint density at radius 2 is 1.64 bits per heavy atom. The van der Waals surface area contributed by atoms with E-state index in [1.165, 1.54) is 49.7 Å². The van der Waals surface area contributed by atoms with Gasteiger partial charge in [-0.25, -0.2) is 4.79 Å². The van der Waals surface area contributed by atoms with Crippen LogP contribution in [0.25, 0.3) is 10.9 Å². The van der Waals surface area contributed by atoms with Crippen LogP contribution < -0.4 is 4.84 Å². The van der Waals surface area contributed by atoms with Crippen molar-refractivity contribution in [3.05, 3.63) is 36.0 Å². The van der Waals surface area contributed by atoms with Crippen molar-refractivity contribution >= 4 is 23.2 Å². The molecule has 2 aromatic rings. The van der Waals surface area contributed by atoms with Gasteiger partial charge in [-0.2, -0.15) is 4.73 Å². The van der Waals surface area contributed by atoms with Crippen molar-refractivity contribution < 1.29 is 14.4 Å². The van der Waals surface area contributed by atoms with E-state index in [0.717, 1.165) is 30.0 Å². The number of para-hydroxylation sites is 1. The highest BCUT2D eigenvalue weighted by atomic mass is 16.7. The zero-order chi connectivity index (χ0) is 17.9. The molecule has 136 valence electrons. The quantitative estimate of drug-likeness (QED) is 0.386. The van der Waals surface area contributed by atoms with Crippen molar-refractivity contribution in [2.24, 2.45) is 0 Å². The standard InChI is InChI=1S/C21H29NO3/c1-2-3-4-5-6-7-8-9-10-15-21(24)25-22-16-18(17-23)19-13-11-12-14-20(19)22/h11-14,16-17H,2-10,15H2,1H3. The summed E-state index contributed by atoms with van der Waals surface area (Å²) in [7, 11) is 0. The molecule has 0 N–H and O–H groups in total. The summed E-state index contributed by atoms with van der Waals surface area (Å²) in [5.41, 5.74) is 1.27. The van der Waals surface area contributed by atoms with Crippen molar-refractivity contribution in [2.45, 2.75) is 71.1 Å². The van der Waals surface area contributed by atoms with Crippen LogP contribution >= 0.6 is 0 Å². The first-order valence-electron chi connectivity index (χ1n) is 9.52. The smallest absolute Gasteiger partial charge is 0.332 e. The summed E-state index contributed by atoms with van der Waals surface area (Å²) in [6.07, 6.45) is 13.7. The van der Waals surface area contributed by atoms with Crippen LogP contribution in [0.15, 0.2) is 30.5 Å². The fourth-order valence-corrected chi connectivity index (χ4v) is 3.08. The lowest BCUT2D eigenvalue weighted by atomic mass is 10.1. The maximum Gasteiger partial charge on any atom is 0.332 e. The number of carbonyl (C=O) groups is 2. The van der Waals surface area contributed by atoms with E-state index in [1.54, 1.807) is 6.20 Å². The average Bonchev–Trinajstić information content (AvgIpc) is 2.98. The van der Waals surface area contributed by atoms with Gasteiger partial charge in [0, 0.05) is 17.4 Å². The third kappa shape index (κ3) is 6.04. The first-order valence-corrected chi connectivity index (χ1v) is 9.52. The molecule has 0 unspecified atom stereocenters. The highest BCUT2D eigenvalue weighted by molar-refractivity contribution is 5.97. The first-order chi connectivity index (χ1) is 12.3. The summed E-state index contributed by atoms with van der Waals surface area (Å²) in [5, 5.41) is 0.799. The number of aromatic nitrogens is 1. The predicted octanol–water partition coefficient (Wildman–Crippen LogP) is 5.33. The van der Waals surface area contributed by atoms with Gasteiger partial charge in [-0.05, 0) is 12.5 Å². The van der Waals surface area contributed by atoms with E-state index in [4.69, 9.17) is 4.84 Å². The average molecular weight is 343 g/mol. The van der Waals surface area contributed by atoms with Crippen LogP contribution in [-0.2, 0) is 4.79 Å². The summed E-state index contributed by atoms with van der Waals surface area (Å²) < 4.78 is 1.41. The minimum atomic E-state index is -0.249. The largest absolute Gasteiger partial charge is 0.337 e. The Morgan fingerprint density at radius 3 is 2.32 bits per heavy atom. The van der Waals surface area contributed by atoms with Gasteiger partial charge in [0.05, 0.1) is 11.7 Å². The molecule has 4 nitrogen and oxygen atoms in total. The number of benzene rings is 1. The molecule has 0 saturated heterocycles. The highest BCUT2D eigenvalue weighted by Gasteiger charge is 2.11. The van der Waals surface area contributed by atoms with E-state index >= 15 is 0 Å². The number of hydrogen-bond acceptors (Lipinski definition) is 3. The molecule has 0 atom stereocenters. The molecule has 0 aliphatic rings. The predicted molar refractivity (Wildman–Crippen MR) is 101 cm³/mol. The van der Waals surface area contributed by atoms with Gasteiger partial charge in [0.15, 0.2) is 6.29 Å². The molecule has 0 fully saturated rings. The Bertz CT molecular complexity index is 675. The van der Waals surface area contributed by atoms with E-state index < -0.39 is 0 Å². The molecular weight excluding hydrogens is 314 g/mol. The molecule has 4 heteroatoms. The van der Waals surface area contributed by atoms with Gasteiger partial charge in [0.25, 0.3) is 0 Å². The molecule has 0 saturated carbocycles. The van der Waals surface area contributed by atoms with E-state index in [2.05, 4.69) is 6.92 Å². The summed E-state index contributed by atoms with van der Waals surface area (Å²) in [6.45, 7) is 2.23. The van der Waals surface area contributed by atoms with Gasteiger partial charge >= 0.3 is 5.97 Å². The van der Waals surface area contributed by atoms with Crippen molar-refractivity contribution in [1.29, 1.82) is 0 Å². The van der Waals surface area contributed by atoms with Gasteiger partial charge in [0.2, 0.25) is 0 Å². The van der Waals surface area contributed by atoms with Crippen LogP contribution in [0.5, 0.6) is 0 Å². The zero-order valence-corrected chi connectivity index (χ0v) is 15.2. The monoisotopic (exact) mass is 343 g/mol. The summed E-state index contributed by atoms with van der Waals surface area (Å²) in [5.74, 6) is -0.249. The van der Waals surface area contributed by atoms with Gasteiger partial charge in [-0.15, -0.1) is 0 Å². The van der Waals surface area contributed by atoms with Crippen molar-refractivity contribution in [1.82, 2.24) is 4.73 Å². The normalized spacial score (nSPS) is 10.9. The Labute approximate surface area is 150 Å². The van der Waals surface area contributed by atoms with Gasteiger partial charge < -0.3 is 4.84 Å². The molecule has 0 bridgehead atoms. The molecule has 1 heterocycles. The zero-order valence-electron chi connectivity index (χ0n) is 15.2. The summed E-state index contributed by atoms with van der Waals surface area (Å²) >= 11 is 0. The molecule has 0 amide bonds. The minimum Gasteiger partial charge on any atom is -0.337 e. The van der Waals surface area contributed by atoms with E-state index in [0.29, 0.717) is 12.0 Å². The first kappa shape index (κ1) is 19.2. The lowest BCUT2D eigenvalue weighted by Crippen LogP contribution is -2.18.